The van der Waals surface area contributed by atoms with Crippen molar-refractivity contribution in [1.82, 2.24) is 0 Å². The summed E-state index contributed by atoms with van der Waals surface area (Å²) in [6, 6.07) is 13.0. The van der Waals surface area contributed by atoms with Gasteiger partial charge in [-0.3, -0.25) is 29.0 Å². The number of hydrogen-bond acceptors (Lipinski definition) is 6. The van der Waals surface area contributed by atoms with Gasteiger partial charge in [-0.15, -0.1) is 0 Å². The summed E-state index contributed by atoms with van der Waals surface area (Å²) in [6.45, 7) is 0. The summed E-state index contributed by atoms with van der Waals surface area (Å²) < 4.78 is 0. The zero-order valence-corrected chi connectivity index (χ0v) is 16.0. The fraction of sp³-hybridized carbons (Fsp3) is 0.273. The van der Waals surface area contributed by atoms with E-state index in [-0.39, 0.29) is 36.5 Å². The molecule has 2 aromatic carbocycles. The van der Waals surface area contributed by atoms with Crippen molar-refractivity contribution in [2.75, 3.05) is 21.3 Å². The van der Waals surface area contributed by atoms with Crippen molar-refractivity contribution in [3.05, 3.63) is 48.5 Å². The summed E-state index contributed by atoms with van der Waals surface area (Å²) in [7, 11) is 0. The molecule has 0 radical (unpaired) electrons. The van der Waals surface area contributed by atoms with Gasteiger partial charge >= 0.3 is 0 Å². The Morgan fingerprint density at radius 3 is 1.07 bits per heavy atom. The predicted octanol–water partition coefficient (Wildman–Crippen LogP) is 1.56. The molecule has 1 aliphatic carbocycles. The molecule has 8 nitrogen and oxygen atoms in total. The maximum Gasteiger partial charge on any atom is 0.237 e. The van der Waals surface area contributed by atoms with Crippen molar-refractivity contribution in [3.63, 3.8) is 0 Å². The highest BCUT2D eigenvalue weighted by molar-refractivity contribution is 6.25. The molecule has 4 amide bonds. The maximum atomic E-state index is 13.1. The van der Waals surface area contributed by atoms with Crippen molar-refractivity contribution in [1.29, 1.82) is 0 Å². The molecular formula is C22H20N4O4. The van der Waals surface area contributed by atoms with Crippen LogP contribution >= 0.6 is 0 Å². The van der Waals surface area contributed by atoms with Crippen molar-refractivity contribution in [3.8, 4) is 0 Å². The zero-order chi connectivity index (χ0) is 21.2. The number of carbonyl (C=O) groups is 4. The number of rotatable bonds is 2. The Morgan fingerprint density at radius 1 is 0.533 bits per heavy atom. The normalized spacial score (nSPS) is 28.1. The van der Waals surface area contributed by atoms with Gasteiger partial charge in [0.1, 0.15) is 0 Å². The first-order valence-corrected chi connectivity index (χ1v) is 9.83. The van der Waals surface area contributed by atoms with E-state index in [1.165, 1.54) is 9.80 Å². The van der Waals surface area contributed by atoms with Crippen molar-refractivity contribution >= 4 is 46.4 Å². The van der Waals surface area contributed by atoms with E-state index in [2.05, 4.69) is 0 Å². The van der Waals surface area contributed by atoms with E-state index < -0.39 is 23.7 Å². The molecule has 1 saturated carbocycles. The van der Waals surface area contributed by atoms with Gasteiger partial charge in [-0.25, -0.2) is 0 Å². The summed E-state index contributed by atoms with van der Waals surface area (Å²) in [5.74, 6) is -3.67. The molecule has 2 aromatic rings. The molecule has 5 rings (SSSR count). The number of amides is 4. The first-order chi connectivity index (χ1) is 14.4. The number of nitrogen functional groups attached to an aromatic ring is 2. The number of carbonyl (C=O) groups excluding carboxylic acids is 4. The molecule has 8 heteroatoms. The third-order valence-corrected chi connectivity index (χ3v) is 6.44. The second-order valence-corrected chi connectivity index (χ2v) is 8.10. The highest BCUT2D eigenvalue weighted by Crippen LogP contribution is 2.49. The Morgan fingerprint density at radius 2 is 0.800 bits per heavy atom. The molecule has 30 heavy (non-hydrogen) atoms. The second kappa shape index (κ2) is 6.41. The average Bonchev–Trinajstić information content (AvgIpc) is 3.13. The molecule has 0 aromatic heterocycles. The molecular weight excluding hydrogens is 384 g/mol. The minimum absolute atomic E-state index is 0.196. The molecule has 152 valence electrons. The quantitative estimate of drug-likeness (QED) is 0.578. The molecule has 2 heterocycles. The van der Waals surface area contributed by atoms with Gasteiger partial charge in [0.25, 0.3) is 0 Å². The third-order valence-electron chi connectivity index (χ3n) is 6.44. The molecule has 4 atom stereocenters. The van der Waals surface area contributed by atoms with Crippen LogP contribution in [0.1, 0.15) is 12.8 Å². The number of fused-ring (bicyclic) bond motifs is 2. The second-order valence-electron chi connectivity index (χ2n) is 8.10. The van der Waals surface area contributed by atoms with E-state index >= 15 is 0 Å². The van der Waals surface area contributed by atoms with Crippen LogP contribution in [0.4, 0.5) is 22.7 Å². The van der Waals surface area contributed by atoms with Gasteiger partial charge in [0.2, 0.25) is 23.6 Å². The topological polar surface area (TPSA) is 127 Å². The molecule has 3 aliphatic rings. The number of hydrogen-bond donors (Lipinski definition) is 2. The van der Waals surface area contributed by atoms with Crippen LogP contribution < -0.4 is 21.3 Å². The molecule has 3 fully saturated rings. The lowest BCUT2D eigenvalue weighted by Gasteiger charge is -2.28. The number of benzene rings is 2. The van der Waals surface area contributed by atoms with Gasteiger partial charge in [0.15, 0.2) is 0 Å². The van der Waals surface area contributed by atoms with Crippen LogP contribution in [0, 0.1) is 23.7 Å². The van der Waals surface area contributed by atoms with Crippen LogP contribution in [-0.4, -0.2) is 23.6 Å². The van der Waals surface area contributed by atoms with E-state index in [1.54, 1.807) is 48.5 Å². The van der Waals surface area contributed by atoms with Crippen LogP contribution in [0.25, 0.3) is 0 Å². The van der Waals surface area contributed by atoms with Crippen molar-refractivity contribution < 1.29 is 19.2 Å². The van der Waals surface area contributed by atoms with Crippen LogP contribution in [0.2, 0.25) is 0 Å². The van der Waals surface area contributed by atoms with Crippen LogP contribution in [0.15, 0.2) is 48.5 Å². The highest BCUT2D eigenvalue weighted by Gasteiger charge is 2.60. The largest absolute Gasteiger partial charge is 0.399 e. The summed E-state index contributed by atoms with van der Waals surface area (Å²) in [6.07, 6.45) is 0.392. The third kappa shape index (κ3) is 2.53. The summed E-state index contributed by atoms with van der Waals surface area (Å²) in [4.78, 5) is 54.5. The molecule has 4 N–H and O–H groups in total. The monoisotopic (exact) mass is 404 g/mol. The first kappa shape index (κ1) is 18.4. The number of nitrogens with two attached hydrogens (primary N) is 2. The van der Waals surface area contributed by atoms with Crippen LogP contribution in [0.3, 0.4) is 0 Å². The predicted molar refractivity (Wildman–Crippen MR) is 110 cm³/mol. The molecule has 2 aliphatic heterocycles. The lowest BCUT2D eigenvalue weighted by atomic mass is 9.70. The summed E-state index contributed by atoms with van der Waals surface area (Å²) >= 11 is 0. The molecule has 0 bridgehead atoms. The summed E-state index contributed by atoms with van der Waals surface area (Å²) in [5, 5.41) is 0. The lowest BCUT2D eigenvalue weighted by Crippen LogP contribution is -2.35. The Hall–Kier alpha value is -3.68. The van der Waals surface area contributed by atoms with E-state index in [9.17, 15) is 19.2 Å². The van der Waals surface area contributed by atoms with E-state index in [1.807, 2.05) is 0 Å². The Bertz CT molecular complexity index is 952. The van der Waals surface area contributed by atoms with Gasteiger partial charge in [0, 0.05) is 11.4 Å². The van der Waals surface area contributed by atoms with Crippen molar-refractivity contribution in [2.24, 2.45) is 23.7 Å². The Kier molecular flexibility index (Phi) is 3.92. The zero-order valence-electron chi connectivity index (χ0n) is 16.0. The van der Waals surface area contributed by atoms with E-state index in [0.717, 1.165) is 0 Å². The number of imide groups is 2. The lowest BCUT2D eigenvalue weighted by molar-refractivity contribution is -0.129. The smallest absolute Gasteiger partial charge is 0.237 e. The van der Waals surface area contributed by atoms with Gasteiger partial charge < -0.3 is 11.5 Å². The summed E-state index contributed by atoms with van der Waals surface area (Å²) in [5.41, 5.74) is 13.4. The fourth-order valence-corrected chi connectivity index (χ4v) is 4.93. The molecule has 0 unspecified atom stereocenters. The van der Waals surface area contributed by atoms with E-state index in [4.69, 9.17) is 11.5 Å². The minimum atomic E-state index is -0.598. The average molecular weight is 404 g/mol. The molecule has 2 saturated heterocycles. The number of nitrogens with zero attached hydrogens (tertiary/aromatic N) is 2. The maximum absolute atomic E-state index is 13.1. The minimum Gasteiger partial charge on any atom is -0.399 e. The Balaban J connectivity index is 1.44. The molecule has 0 spiro atoms. The van der Waals surface area contributed by atoms with Crippen LogP contribution in [-0.2, 0) is 19.2 Å². The SMILES string of the molecule is Nc1ccc(N2C(=O)[C@H]3C[C@@H]4C(=O)N(c5ccc(N)cc5)C(=O)[C@@H]4C[C@H]3C2=O)cc1. The van der Waals surface area contributed by atoms with Crippen molar-refractivity contribution in [2.45, 2.75) is 12.8 Å². The van der Waals surface area contributed by atoms with E-state index in [0.29, 0.717) is 22.7 Å². The number of anilines is 4. The standard InChI is InChI=1S/C22H20N4O4/c23-11-1-5-13(6-2-11)25-19(27)15-9-17-18(10-16(15)20(25)28)22(30)26(21(17)29)14-7-3-12(24)4-8-14/h1-8,15-18H,9-10,23-24H2/t15-,16+,17-,18+. The van der Waals surface area contributed by atoms with Crippen LogP contribution in [0.5, 0.6) is 0 Å². The van der Waals surface area contributed by atoms with Gasteiger partial charge in [-0.2, -0.15) is 0 Å². The fourth-order valence-electron chi connectivity index (χ4n) is 4.93. The van der Waals surface area contributed by atoms with Gasteiger partial charge in [-0.1, -0.05) is 0 Å². The highest BCUT2D eigenvalue weighted by atomic mass is 16.2. The first-order valence-electron chi connectivity index (χ1n) is 9.83. The Labute approximate surface area is 172 Å². The van der Waals surface area contributed by atoms with Gasteiger partial charge in [-0.05, 0) is 61.4 Å². The van der Waals surface area contributed by atoms with Gasteiger partial charge in [0.05, 0.1) is 35.0 Å².